The maximum absolute atomic E-state index is 12.6. The van der Waals surface area contributed by atoms with E-state index < -0.39 is 11.4 Å². The molecule has 2 aliphatic heterocycles. The van der Waals surface area contributed by atoms with Crippen molar-refractivity contribution in [1.29, 1.82) is 0 Å². The molecule has 2 saturated heterocycles. The number of carboxylic acids is 1. The maximum atomic E-state index is 12.6. The SMILES string of the molecule is CCC1(C(=O)O)CCCN(C(=O)N2CCCC(CO)C2)C1. The number of hydrogen-bond acceptors (Lipinski definition) is 3. The van der Waals surface area contributed by atoms with Gasteiger partial charge in [0.1, 0.15) is 0 Å². The van der Waals surface area contributed by atoms with Crippen LogP contribution in [0.25, 0.3) is 0 Å². The van der Waals surface area contributed by atoms with Crippen LogP contribution >= 0.6 is 0 Å². The van der Waals surface area contributed by atoms with E-state index in [0.717, 1.165) is 19.3 Å². The van der Waals surface area contributed by atoms with Gasteiger partial charge in [0.05, 0.1) is 5.41 Å². The van der Waals surface area contributed by atoms with Gasteiger partial charge in [-0.05, 0) is 38.0 Å². The van der Waals surface area contributed by atoms with E-state index in [1.807, 2.05) is 6.92 Å². The van der Waals surface area contributed by atoms with E-state index in [1.165, 1.54) is 0 Å². The predicted octanol–water partition coefficient (Wildman–Crippen LogP) is 1.39. The number of carbonyl (C=O) groups is 2. The second-order valence-electron chi connectivity index (χ2n) is 6.38. The third kappa shape index (κ3) is 3.31. The summed E-state index contributed by atoms with van der Waals surface area (Å²) < 4.78 is 0. The van der Waals surface area contributed by atoms with Gasteiger partial charge in [-0.2, -0.15) is 0 Å². The van der Waals surface area contributed by atoms with Crippen LogP contribution in [0.3, 0.4) is 0 Å². The van der Waals surface area contributed by atoms with Crippen molar-refractivity contribution in [3.05, 3.63) is 0 Å². The molecular weight excluding hydrogens is 272 g/mol. The molecule has 0 bridgehead atoms. The Morgan fingerprint density at radius 1 is 1.24 bits per heavy atom. The zero-order chi connectivity index (χ0) is 15.5. The number of aliphatic hydroxyl groups is 1. The summed E-state index contributed by atoms with van der Waals surface area (Å²) in [7, 11) is 0. The van der Waals surface area contributed by atoms with E-state index >= 15 is 0 Å². The zero-order valence-corrected chi connectivity index (χ0v) is 12.8. The minimum absolute atomic E-state index is 0.0630. The number of carboxylic acid groups (broad SMARTS) is 1. The number of aliphatic hydroxyl groups excluding tert-OH is 1. The molecule has 0 spiro atoms. The van der Waals surface area contributed by atoms with Gasteiger partial charge < -0.3 is 20.0 Å². The Kier molecular flexibility index (Phi) is 5.08. The standard InChI is InChI=1S/C15H26N2O4/c1-2-15(13(19)20)6-4-8-17(11-15)14(21)16-7-3-5-12(9-16)10-18/h12,18H,2-11H2,1H3,(H,19,20). The first-order valence-corrected chi connectivity index (χ1v) is 7.90. The summed E-state index contributed by atoms with van der Waals surface area (Å²) in [5.41, 5.74) is -0.792. The Morgan fingerprint density at radius 2 is 1.95 bits per heavy atom. The average Bonchev–Trinajstić information content (AvgIpc) is 2.54. The van der Waals surface area contributed by atoms with Crippen LogP contribution in [-0.2, 0) is 4.79 Å². The first-order chi connectivity index (χ1) is 10.0. The van der Waals surface area contributed by atoms with Crippen LogP contribution in [0.2, 0.25) is 0 Å². The molecule has 2 atom stereocenters. The third-order valence-corrected chi connectivity index (χ3v) is 5.03. The summed E-state index contributed by atoms with van der Waals surface area (Å²) in [5, 5.41) is 18.8. The molecule has 0 radical (unpaired) electrons. The van der Waals surface area contributed by atoms with Gasteiger partial charge in [-0.3, -0.25) is 4.79 Å². The van der Waals surface area contributed by atoms with E-state index in [9.17, 15) is 19.8 Å². The van der Waals surface area contributed by atoms with Gasteiger partial charge in [-0.1, -0.05) is 6.92 Å². The molecule has 0 saturated carbocycles. The molecule has 2 N–H and O–H groups in total. The molecule has 0 aromatic heterocycles. The number of rotatable bonds is 3. The molecule has 2 unspecified atom stereocenters. The summed E-state index contributed by atoms with van der Waals surface area (Å²) in [6, 6.07) is -0.0630. The van der Waals surface area contributed by atoms with Crippen LogP contribution in [0.5, 0.6) is 0 Å². The van der Waals surface area contributed by atoms with Crippen LogP contribution in [0.4, 0.5) is 4.79 Å². The lowest BCUT2D eigenvalue weighted by molar-refractivity contribution is -0.152. The molecule has 0 aromatic rings. The predicted molar refractivity (Wildman–Crippen MR) is 77.9 cm³/mol. The summed E-state index contributed by atoms with van der Waals surface area (Å²) in [6.07, 6.45) is 3.79. The van der Waals surface area contributed by atoms with Crippen molar-refractivity contribution in [2.45, 2.75) is 39.0 Å². The highest BCUT2D eigenvalue weighted by Gasteiger charge is 2.43. The lowest BCUT2D eigenvalue weighted by atomic mass is 9.78. The van der Waals surface area contributed by atoms with Crippen molar-refractivity contribution in [3.63, 3.8) is 0 Å². The lowest BCUT2D eigenvalue weighted by Gasteiger charge is -2.42. The molecule has 6 nitrogen and oxygen atoms in total. The van der Waals surface area contributed by atoms with Crippen LogP contribution < -0.4 is 0 Å². The smallest absolute Gasteiger partial charge is 0.320 e. The summed E-state index contributed by atoms with van der Waals surface area (Å²) in [5.74, 6) is -0.641. The molecule has 120 valence electrons. The second kappa shape index (κ2) is 6.64. The highest BCUT2D eigenvalue weighted by atomic mass is 16.4. The van der Waals surface area contributed by atoms with E-state index in [4.69, 9.17) is 0 Å². The average molecular weight is 298 g/mol. The van der Waals surface area contributed by atoms with E-state index in [1.54, 1.807) is 9.80 Å². The number of urea groups is 1. The molecule has 0 aliphatic carbocycles. The molecule has 6 heteroatoms. The van der Waals surface area contributed by atoms with Gasteiger partial charge in [-0.15, -0.1) is 0 Å². The summed E-state index contributed by atoms with van der Waals surface area (Å²) in [4.78, 5) is 27.7. The topological polar surface area (TPSA) is 81.1 Å². The van der Waals surface area contributed by atoms with Crippen LogP contribution in [0.15, 0.2) is 0 Å². The van der Waals surface area contributed by atoms with E-state index in [-0.39, 0.29) is 18.6 Å². The van der Waals surface area contributed by atoms with Crippen LogP contribution in [0.1, 0.15) is 39.0 Å². The van der Waals surface area contributed by atoms with Gasteiger partial charge in [0, 0.05) is 32.8 Å². The second-order valence-corrected chi connectivity index (χ2v) is 6.38. The molecular formula is C15H26N2O4. The number of likely N-dealkylation sites (tertiary alicyclic amines) is 2. The minimum Gasteiger partial charge on any atom is -0.481 e. The molecule has 2 aliphatic rings. The Morgan fingerprint density at radius 3 is 2.57 bits per heavy atom. The number of aliphatic carboxylic acids is 1. The zero-order valence-electron chi connectivity index (χ0n) is 12.8. The maximum Gasteiger partial charge on any atom is 0.320 e. The fraction of sp³-hybridized carbons (Fsp3) is 0.867. The first-order valence-electron chi connectivity index (χ1n) is 7.90. The van der Waals surface area contributed by atoms with Gasteiger partial charge >= 0.3 is 12.0 Å². The van der Waals surface area contributed by atoms with Gasteiger partial charge in [0.15, 0.2) is 0 Å². The first kappa shape index (κ1) is 16.1. The van der Waals surface area contributed by atoms with Crippen molar-refractivity contribution in [2.75, 3.05) is 32.8 Å². The Labute approximate surface area is 125 Å². The fourth-order valence-corrected chi connectivity index (χ4v) is 3.50. The van der Waals surface area contributed by atoms with Crippen LogP contribution in [0, 0.1) is 11.3 Å². The molecule has 0 aromatic carbocycles. The van der Waals surface area contributed by atoms with E-state index in [0.29, 0.717) is 39.0 Å². The minimum atomic E-state index is -0.797. The van der Waals surface area contributed by atoms with Crippen molar-refractivity contribution in [1.82, 2.24) is 9.80 Å². The Bertz CT molecular complexity index is 401. The number of nitrogens with zero attached hydrogens (tertiary/aromatic N) is 2. The normalized spacial score (nSPS) is 30.3. The third-order valence-electron chi connectivity index (χ3n) is 5.03. The number of amides is 2. The Balaban J connectivity index is 2.03. The monoisotopic (exact) mass is 298 g/mol. The molecule has 2 fully saturated rings. The fourth-order valence-electron chi connectivity index (χ4n) is 3.50. The van der Waals surface area contributed by atoms with Crippen molar-refractivity contribution in [2.24, 2.45) is 11.3 Å². The molecule has 2 heterocycles. The lowest BCUT2D eigenvalue weighted by Crippen LogP contribution is -2.55. The number of carbonyl (C=O) groups excluding carboxylic acids is 1. The summed E-state index contributed by atoms with van der Waals surface area (Å²) >= 11 is 0. The number of piperidine rings is 2. The molecule has 2 amide bonds. The van der Waals surface area contributed by atoms with Crippen LogP contribution in [-0.4, -0.2) is 64.8 Å². The van der Waals surface area contributed by atoms with Crippen molar-refractivity contribution < 1.29 is 19.8 Å². The molecule has 2 rings (SSSR count). The number of hydrogen-bond donors (Lipinski definition) is 2. The van der Waals surface area contributed by atoms with E-state index in [2.05, 4.69) is 0 Å². The van der Waals surface area contributed by atoms with Gasteiger partial charge in [0.2, 0.25) is 0 Å². The summed E-state index contributed by atoms with van der Waals surface area (Å²) in [6.45, 7) is 4.21. The van der Waals surface area contributed by atoms with Gasteiger partial charge in [-0.25, -0.2) is 4.79 Å². The highest BCUT2D eigenvalue weighted by Crippen LogP contribution is 2.34. The quantitative estimate of drug-likeness (QED) is 0.825. The van der Waals surface area contributed by atoms with Crippen molar-refractivity contribution in [3.8, 4) is 0 Å². The highest BCUT2D eigenvalue weighted by molar-refractivity contribution is 5.79. The Hall–Kier alpha value is -1.30. The molecule has 21 heavy (non-hydrogen) atoms. The van der Waals surface area contributed by atoms with Gasteiger partial charge in [0.25, 0.3) is 0 Å². The van der Waals surface area contributed by atoms with Crippen molar-refractivity contribution >= 4 is 12.0 Å². The largest absolute Gasteiger partial charge is 0.481 e.